The Morgan fingerprint density at radius 1 is 1.11 bits per heavy atom. The van der Waals surface area contributed by atoms with Gasteiger partial charge in [-0.25, -0.2) is 0 Å². The maximum atomic E-state index is 10.7. The summed E-state index contributed by atoms with van der Waals surface area (Å²) in [6, 6.07) is 14.9. The molecule has 6 nitrogen and oxygen atoms in total. The molecule has 0 aromatic heterocycles. The number of benzene rings is 2. The van der Waals surface area contributed by atoms with Crippen LogP contribution < -0.4 is 10.2 Å². The first-order chi connectivity index (χ1) is 13.0. The highest BCUT2D eigenvalue weighted by Crippen LogP contribution is 2.21. The van der Waals surface area contributed by atoms with E-state index in [1.54, 1.807) is 12.1 Å². The molecule has 1 saturated heterocycles. The van der Waals surface area contributed by atoms with Crippen molar-refractivity contribution in [2.24, 2.45) is 0 Å². The van der Waals surface area contributed by atoms with Crippen LogP contribution in [-0.4, -0.2) is 35.1 Å². The molecule has 1 N–H and O–H groups in total. The maximum Gasteiger partial charge on any atom is 0.269 e. The van der Waals surface area contributed by atoms with Gasteiger partial charge in [-0.3, -0.25) is 10.1 Å². The summed E-state index contributed by atoms with van der Waals surface area (Å²) in [5, 5.41) is 14.4. The average Bonchev–Trinajstić information content (AvgIpc) is 2.69. The first-order valence-electron chi connectivity index (χ1n) is 9.13. The van der Waals surface area contributed by atoms with Crippen LogP contribution in [0, 0.1) is 10.1 Å². The van der Waals surface area contributed by atoms with Crippen molar-refractivity contribution in [1.29, 1.82) is 0 Å². The van der Waals surface area contributed by atoms with Crippen molar-refractivity contribution in [1.82, 2.24) is 4.90 Å². The third-order valence-corrected chi connectivity index (χ3v) is 5.17. The topological polar surface area (TPSA) is 61.6 Å². The van der Waals surface area contributed by atoms with E-state index in [-0.39, 0.29) is 5.69 Å². The second kappa shape index (κ2) is 8.81. The molecule has 27 heavy (non-hydrogen) atoms. The molecule has 0 unspecified atom stereocenters. The third-order valence-electron chi connectivity index (χ3n) is 4.75. The molecule has 1 fully saturated rings. The zero-order chi connectivity index (χ0) is 19.2. The molecule has 142 valence electrons. The van der Waals surface area contributed by atoms with Crippen LogP contribution in [0.15, 0.2) is 48.5 Å². The second-order valence-electron chi connectivity index (χ2n) is 6.80. The van der Waals surface area contributed by atoms with E-state index >= 15 is 0 Å². The van der Waals surface area contributed by atoms with Crippen molar-refractivity contribution in [3.8, 4) is 0 Å². The van der Waals surface area contributed by atoms with Crippen LogP contribution in [0.4, 0.5) is 17.1 Å². The highest BCUT2D eigenvalue weighted by molar-refractivity contribution is 7.80. The molecule has 0 bridgehead atoms. The minimum Gasteiger partial charge on any atom is -0.372 e. The number of hydrogen-bond donors (Lipinski definition) is 1. The Bertz CT molecular complexity index is 787. The lowest BCUT2D eigenvalue weighted by Gasteiger charge is -2.29. The van der Waals surface area contributed by atoms with E-state index in [4.69, 9.17) is 12.2 Å². The van der Waals surface area contributed by atoms with E-state index < -0.39 is 4.92 Å². The number of nitrogens with zero attached hydrogens (tertiary/aromatic N) is 3. The minimum atomic E-state index is -0.415. The molecule has 1 aliphatic heterocycles. The van der Waals surface area contributed by atoms with Gasteiger partial charge in [0.25, 0.3) is 5.69 Å². The highest BCUT2D eigenvalue weighted by atomic mass is 32.1. The molecule has 2 aromatic carbocycles. The fraction of sp³-hybridized carbons (Fsp3) is 0.350. The van der Waals surface area contributed by atoms with Crippen LogP contribution in [0.1, 0.15) is 24.8 Å². The zero-order valence-corrected chi connectivity index (χ0v) is 16.2. The molecule has 0 aliphatic carbocycles. The summed E-state index contributed by atoms with van der Waals surface area (Å²) in [6.45, 7) is 2.98. The zero-order valence-electron chi connectivity index (χ0n) is 15.4. The standard InChI is InChI=1S/C20H24N4O2S/c1-22(20(27)21-17-7-11-19(12-8-17)24(25)26)15-16-5-9-18(10-6-16)23-13-3-2-4-14-23/h5-12H,2-4,13-15H2,1H3,(H,21,27). The molecular weight excluding hydrogens is 360 g/mol. The van der Waals surface area contributed by atoms with Crippen LogP contribution in [0.25, 0.3) is 0 Å². The van der Waals surface area contributed by atoms with E-state index in [0.717, 1.165) is 18.8 Å². The Morgan fingerprint density at radius 2 is 1.74 bits per heavy atom. The largest absolute Gasteiger partial charge is 0.372 e. The Balaban J connectivity index is 1.55. The number of nitrogens with one attached hydrogen (secondary N) is 1. The number of anilines is 2. The quantitative estimate of drug-likeness (QED) is 0.468. The van der Waals surface area contributed by atoms with Crippen LogP contribution in [-0.2, 0) is 6.54 Å². The second-order valence-corrected chi connectivity index (χ2v) is 7.19. The number of nitro benzene ring substituents is 1. The van der Waals surface area contributed by atoms with Crippen molar-refractivity contribution in [3.63, 3.8) is 0 Å². The highest BCUT2D eigenvalue weighted by Gasteiger charge is 2.12. The third kappa shape index (κ3) is 5.17. The number of nitro groups is 1. The average molecular weight is 385 g/mol. The number of piperidine rings is 1. The Labute approximate surface area is 164 Å². The van der Waals surface area contributed by atoms with Gasteiger partial charge in [0.15, 0.2) is 5.11 Å². The predicted molar refractivity (Wildman–Crippen MR) is 113 cm³/mol. The van der Waals surface area contributed by atoms with Gasteiger partial charge in [0.2, 0.25) is 0 Å². The molecule has 7 heteroatoms. The van der Waals surface area contributed by atoms with Crippen LogP contribution >= 0.6 is 12.2 Å². The minimum absolute atomic E-state index is 0.0635. The summed E-state index contributed by atoms with van der Waals surface area (Å²) < 4.78 is 0. The molecule has 0 spiro atoms. The summed E-state index contributed by atoms with van der Waals surface area (Å²) in [4.78, 5) is 14.7. The Kier molecular flexibility index (Phi) is 6.24. The first-order valence-corrected chi connectivity index (χ1v) is 9.54. The molecule has 1 heterocycles. The Hall–Kier alpha value is -2.67. The van der Waals surface area contributed by atoms with Gasteiger partial charge >= 0.3 is 0 Å². The van der Waals surface area contributed by atoms with Gasteiger partial charge in [0.1, 0.15) is 0 Å². The fourth-order valence-corrected chi connectivity index (χ4v) is 3.38. The van der Waals surface area contributed by atoms with Crippen molar-refractivity contribution >= 4 is 34.4 Å². The van der Waals surface area contributed by atoms with Crippen LogP contribution in [0.3, 0.4) is 0 Å². The smallest absolute Gasteiger partial charge is 0.269 e. The van der Waals surface area contributed by atoms with E-state index in [1.807, 2.05) is 11.9 Å². The van der Waals surface area contributed by atoms with E-state index in [2.05, 4.69) is 34.5 Å². The van der Waals surface area contributed by atoms with Gasteiger partial charge in [-0.2, -0.15) is 0 Å². The van der Waals surface area contributed by atoms with Gasteiger partial charge in [-0.15, -0.1) is 0 Å². The van der Waals surface area contributed by atoms with Crippen molar-refractivity contribution in [2.75, 3.05) is 30.4 Å². The number of hydrogen-bond acceptors (Lipinski definition) is 4. The van der Waals surface area contributed by atoms with Crippen molar-refractivity contribution in [3.05, 3.63) is 64.2 Å². The molecule has 0 atom stereocenters. The van der Waals surface area contributed by atoms with Gasteiger partial charge in [0, 0.05) is 50.2 Å². The monoisotopic (exact) mass is 384 g/mol. The molecule has 1 aliphatic rings. The molecule has 2 aromatic rings. The molecular formula is C20H24N4O2S. The van der Waals surface area contributed by atoms with Crippen molar-refractivity contribution < 1.29 is 4.92 Å². The number of rotatable bonds is 5. The molecule has 0 saturated carbocycles. The summed E-state index contributed by atoms with van der Waals surface area (Å²) in [7, 11) is 1.93. The normalized spacial score (nSPS) is 13.9. The Morgan fingerprint density at radius 3 is 2.33 bits per heavy atom. The van der Waals surface area contributed by atoms with Crippen molar-refractivity contribution in [2.45, 2.75) is 25.8 Å². The summed E-state index contributed by atoms with van der Waals surface area (Å²) in [6.07, 6.45) is 3.87. The lowest BCUT2D eigenvalue weighted by Crippen LogP contribution is -2.31. The van der Waals surface area contributed by atoms with Gasteiger partial charge in [0.05, 0.1) is 4.92 Å². The summed E-state index contributed by atoms with van der Waals surface area (Å²) in [5.74, 6) is 0. The fourth-order valence-electron chi connectivity index (χ4n) is 3.20. The molecule has 3 rings (SSSR count). The lowest BCUT2D eigenvalue weighted by molar-refractivity contribution is -0.384. The SMILES string of the molecule is CN(Cc1ccc(N2CCCCC2)cc1)C(=S)Nc1ccc([N+](=O)[O-])cc1. The maximum absolute atomic E-state index is 10.7. The summed E-state index contributed by atoms with van der Waals surface area (Å²) in [5.41, 5.74) is 3.27. The van der Waals surface area contributed by atoms with E-state index in [9.17, 15) is 10.1 Å². The predicted octanol–water partition coefficient (Wildman–Crippen LogP) is 4.41. The van der Waals surface area contributed by atoms with E-state index in [1.165, 1.54) is 42.6 Å². The first kappa shape index (κ1) is 19.1. The molecule has 0 radical (unpaired) electrons. The number of thiocarbonyl (C=S) groups is 1. The van der Waals surface area contributed by atoms with Gasteiger partial charge in [-0.1, -0.05) is 12.1 Å². The number of non-ortho nitro benzene ring substituents is 1. The van der Waals surface area contributed by atoms with Gasteiger partial charge < -0.3 is 15.1 Å². The van der Waals surface area contributed by atoms with Crippen LogP contribution in [0.2, 0.25) is 0 Å². The van der Waals surface area contributed by atoms with Gasteiger partial charge in [-0.05, 0) is 61.3 Å². The molecule has 0 amide bonds. The summed E-state index contributed by atoms with van der Waals surface area (Å²) >= 11 is 5.44. The van der Waals surface area contributed by atoms with Crippen LogP contribution in [0.5, 0.6) is 0 Å². The lowest BCUT2D eigenvalue weighted by atomic mass is 10.1. The van der Waals surface area contributed by atoms with E-state index in [0.29, 0.717) is 11.7 Å².